The van der Waals surface area contributed by atoms with Crippen LogP contribution in [0.4, 0.5) is 0 Å². The van der Waals surface area contributed by atoms with Gasteiger partial charge in [-0.2, -0.15) is 0 Å². The van der Waals surface area contributed by atoms with Gasteiger partial charge in [-0.3, -0.25) is 9.36 Å². The fourth-order valence-electron chi connectivity index (χ4n) is 3.12. The summed E-state index contributed by atoms with van der Waals surface area (Å²) in [7, 11) is 0. The van der Waals surface area contributed by atoms with Crippen LogP contribution >= 0.6 is 11.3 Å². The third kappa shape index (κ3) is 3.53. The van der Waals surface area contributed by atoms with Gasteiger partial charge in [0.25, 0.3) is 5.56 Å². The fourth-order valence-corrected chi connectivity index (χ4v) is 4.10. The lowest BCUT2D eigenvalue weighted by Gasteiger charge is -2.19. The summed E-state index contributed by atoms with van der Waals surface area (Å²) in [5.41, 5.74) is 3.37. The van der Waals surface area contributed by atoms with Crippen LogP contribution in [-0.4, -0.2) is 34.1 Å². The van der Waals surface area contributed by atoms with Crippen molar-refractivity contribution in [2.75, 3.05) is 19.6 Å². The van der Waals surface area contributed by atoms with Crippen molar-refractivity contribution in [3.63, 3.8) is 0 Å². The molecular formula is C20H25N3OS. The number of thiophene rings is 1. The number of aromatic nitrogens is 2. The van der Waals surface area contributed by atoms with E-state index in [1.54, 1.807) is 11.3 Å². The quantitative estimate of drug-likeness (QED) is 0.668. The summed E-state index contributed by atoms with van der Waals surface area (Å²) in [5, 5.41) is 2.80. The van der Waals surface area contributed by atoms with Crippen molar-refractivity contribution >= 4 is 21.6 Å². The molecule has 132 valence electrons. The van der Waals surface area contributed by atoms with E-state index in [-0.39, 0.29) is 5.56 Å². The highest BCUT2D eigenvalue weighted by Gasteiger charge is 2.15. The maximum Gasteiger partial charge on any atom is 0.262 e. The van der Waals surface area contributed by atoms with Crippen LogP contribution in [0.15, 0.2) is 34.4 Å². The van der Waals surface area contributed by atoms with Gasteiger partial charge in [0.05, 0.1) is 5.39 Å². The van der Waals surface area contributed by atoms with Gasteiger partial charge in [0, 0.05) is 24.0 Å². The van der Waals surface area contributed by atoms with Gasteiger partial charge in [-0.25, -0.2) is 4.98 Å². The molecule has 0 amide bonds. The van der Waals surface area contributed by atoms with E-state index in [1.807, 2.05) is 11.5 Å². The van der Waals surface area contributed by atoms with Gasteiger partial charge in [0.1, 0.15) is 10.7 Å². The molecule has 4 nitrogen and oxygen atoms in total. The molecule has 2 heterocycles. The lowest BCUT2D eigenvalue weighted by Crippen LogP contribution is -2.32. The molecule has 25 heavy (non-hydrogen) atoms. The minimum absolute atomic E-state index is 0.0754. The first-order valence-electron chi connectivity index (χ1n) is 8.83. The van der Waals surface area contributed by atoms with E-state index in [4.69, 9.17) is 4.98 Å². The average molecular weight is 356 g/mol. The van der Waals surface area contributed by atoms with Crippen molar-refractivity contribution in [1.82, 2.24) is 14.5 Å². The number of hydrogen-bond acceptors (Lipinski definition) is 4. The molecule has 0 bridgehead atoms. The van der Waals surface area contributed by atoms with E-state index in [0.29, 0.717) is 6.54 Å². The molecule has 0 fully saturated rings. The van der Waals surface area contributed by atoms with Crippen LogP contribution in [0.5, 0.6) is 0 Å². The molecule has 0 radical (unpaired) electrons. The molecule has 0 unspecified atom stereocenters. The van der Waals surface area contributed by atoms with Crippen molar-refractivity contribution < 1.29 is 0 Å². The molecule has 0 aliphatic carbocycles. The van der Waals surface area contributed by atoms with Crippen LogP contribution in [0, 0.1) is 13.8 Å². The minimum atomic E-state index is 0.0754. The van der Waals surface area contributed by atoms with Crippen molar-refractivity contribution in [2.24, 2.45) is 0 Å². The standard InChI is InChI=1S/C20H25N3OS/c1-5-22(6-2)11-12-23-15(4)21-19-18(20(23)24)17(13-25-19)16-9-7-14(3)8-10-16/h7-10,13H,5-6,11-12H2,1-4H3. The maximum atomic E-state index is 13.2. The molecule has 0 aliphatic rings. The van der Waals surface area contributed by atoms with Gasteiger partial charge in [-0.15, -0.1) is 11.3 Å². The van der Waals surface area contributed by atoms with E-state index < -0.39 is 0 Å². The Labute approximate surface area is 152 Å². The average Bonchev–Trinajstić information content (AvgIpc) is 3.02. The van der Waals surface area contributed by atoms with E-state index in [2.05, 4.69) is 55.3 Å². The summed E-state index contributed by atoms with van der Waals surface area (Å²) >= 11 is 1.55. The molecule has 0 atom stereocenters. The van der Waals surface area contributed by atoms with Crippen LogP contribution in [0.2, 0.25) is 0 Å². The van der Waals surface area contributed by atoms with E-state index >= 15 is 0 Å². The SMILES string of the molecule is CCN(CC)CCn1c(C)nc2scc(-c3ccc(C)cc3)c2c1=O. The zero-order chi connectivity index (χ0) is 18.0. The molecule has 5 heteroatoms. The van der Waals surface area contributed by atoms with Gasteiger partial charge in [-0.1, -0.05) is 43.7 Å². The van der Waals surface area contributed by atoms with Crippen LogP contribution in [0.1, 0.15) is 25.2 Å². The third-order valence-electron chi connectivity index (χ3n) is 4.78. The molecule has 0 saturated carbocycles. The Bertz CT molecular complexity index is 921. The molecule has 0 aliphatic heterocycles. The van der Waals surface area contributed by atoms with Crippen molar-refractivity contribution in [2.45, 2.75) is 34.2 Å². The highest BCUT2D eigenvalue weighted by molar-refractivity contribution is 7.17. The van der Waals surface area contributed by atoms with E-state index in [1.165, 1.54) is 5.56 Å². The number of likely N-dealkylation sites (N-methyl/N-ethyl adjacent to an activating group) is 1. The molecule has 0 saturated heterocycles. The molecular weight excluding hydrogens is 330 g/mol. The Kier molecular flexibility index (Phi) is 5.35. The number of fused-ring (bicyclic) bond motifs is 1. The zero-order valence-corrected chi connectivity index (χ0v) is 16.2. The Morgan fingerprint density at radius 2 is 1.80 bits per heavy atom. The third-order valence-corrected chi connectivity index (χ3v) is 5.65. The summed E-state index contributed by atoms with van der Waals surface area (Å²) in [6, 6.07) is 8.32. The summed E-state index contributed by atoms with van der Waals surface area (Å²) in [5.74, 6) is 0.793. The summed E-state index contributed by atoms with van der Waals surface area (Å²) in [6.07, 6.45) is 0. The predicted octanol–water partition coefficient (Wildman–Crippen LogP) is 4.08. The highest BCUT2D eigenvalue weighted by Crippen LogP contribution is 2.31. The number of rotatable bonds is 6. The van der Waals surface area contributed by atoms with E-state index in [0.717, 1.165) is 46.8 Å². The van der Waals surface area contributed by atoms with E-state index in [9.17, 15) is 4.79 Å². The van der Waals surface area contributed by atoms with Crippen LogP contribution in [0.25, 0.3) is 21.3 Å². The normalized spacial score (nSPS) is 11.6. The fraction of sp³-hybridized carbons (Fsp3) is 0.400. The lowest BCUT2D eigenvalue weighted by atomic mass is 10.1. The Balaban J connectivity index is 2.06. The van der Waals surface area contributed by atoms with Crippen LogP contribution in [-0.2, 0) is 6.54 Å². The van der Waals surface area contributed by atoms with Crippen molar-refractivity contribution in [3.05, 3.63) is 51.4 Å². The predicted molar refractivity (Wildman–Crippen MR) is 107 cm³/mol. The summed E-state index contributed by atoms with van der Waals surface area (Å²) in [4.78, 5) is 21.0. The first-order valence-corrected chi connectivity index (χ1v) is 9.71. The van der Waals surface area contributed by atoms with Crippen molar-refractivity contribution in [1.29, 1.82) is 0 Å². The first kappa shape index (κ1) is 17.8. The van der Waals surface area contributed by atoms with Gasteiger partial charge in [0.2, 0.25) is 0 Å². The van der Waals surface area contributed by atoms with Crippen molar-refractivity contribution in [3.8, 4) is 11.1 Å². The monoisotopic (exact) mass is 355 g/mol. The Morgan fingerprint density at radius 3 is 2.44 bits per heavy atom. The molecule has 1 aromatic carbocycles. The number of nitrogens with zero attached hydrogens (tertiary/aromatic N) is 3. The largest absolute Gasteiger partial charge is 0.302 e. The summed E-state index contributed by atoms with van der Waals surface area (Å²) in [6.45, 7) is 11.8. The second kappa shape index (κ2) is 7.50. The van der Waals surface area contributed by atoms with Gasteiger partial charge >= 0.3 is 0 Å². The Morgan fingerprint density at radius 1 is 1.12 bits per heavy atom. The zero-order valence-electron chi connectivity index (χ0n) is 15.4. The molecule has 2 aromatic heterocycles. The smallest absolute Gasteiger partial charge is 0.262 e. The van der Waals surface area contributed by atoms with Gasteiger partial charge < -0.3 is 4.90 Å². The van der Waals surface area contributed by atoms with Crippen LogP contribution < -0.4 is 5.56 Å². The topological polar surface area (TPSA) is 38.1 Å². The number of benzene rings is 1. The summed E-state index contributed by atoms with van der Waals surface area (Å²) < 4.78 is 1.82. The van der Waals surface area contributed by atoms with Crippen LogP contribution in [0.3, 0.4) is 0 Å². The first-order chi connectivity index (χ1) is 12.0. The second-order valence-corrected chi connectivity index (χ2v) is 7.20. The minimum Gasteiger partial charge on any atom is -0.302 e. The Hall–Kier alpha value is -1.98. The highest BCUT2D eigenvalue weighted by atomic mass is 32.1. The number of aryl methyl sites for hydroxylation is 2. The molecule has 3 rings (SSSR count). The lowest BCUT2D eigenvalue weighted by molar-refractivity contribution is 0.288. The molecule has 0 spiro atoms. The second-order valence-electron chi connectivity index (χ2n) is 6.34. The molecule has 0 N–H and O–H groups in total. The molecule has 3 aromatic rings. The van der Waals surface area contributed by atoms with Gasteiger partial charge in [0.15, 0.2) is 0 Å². The maximum absolute atomic E-state index is 13.2. The van der Waals surface area contributed by atoms with Gasteiger partial charge in [-0.05, 0) is 32.5 Å². The number of hydrogen-bond donors (Lipinski definition) is 0.